The van der Waals surface area contributed by atoms with Gasteiger partial charge in [0.15, 0.2) is 11.6 Å². The summed E-state index contributed by atoms with van der Waals surface area (Å²) in [5, 5.41) is 70.7. The minimum atomic E-state index is -1.00. The summed E-state index contributed by atoms with van der Waals surface area (Å²) < 4.78 is 52.0. The van der Waals surface area contributed by atoms with E-state index < -0.39 is 85.1 Å². The van der Waals surface area contributed by atoms with Crippen LogP contribution < -0.4 is 42.4 Å². The van der Waals surface area contributed by atoms with E-state index in [0.29, 0.717) is 22.6 Å². The van der Waals surface area contributed by atoms with Gasteiger partial charge in [0, 0.05) is 98.1 Å². The van der Waals surface area contributed by atoms with E-state index in [1.54, 1.807) is 132 Å². The van der Waals surface area contributed by atoms with E-state index in [9.17, 15) is 81.2 Å². The second kappa shape index (κ2) is 59.9. The highest BCUT2D eigenvalue weighted by Gasteiger charge is 2.34. The van der Waals surface area contributed by atoms with Crippen molar-refractivity contribution in [2.45, 2.75) is 172 Å². The number of alkyl halides is 2. The number of nitrogen functional groups attached to an aromatic ring is 1. The number of carboxylic acids is 2. The third-order valence-electron chi connectivity index (χ3n) is 21.3. The first-order chi connectivity index (χ1) is 66.4. The Kier molecular flexibility index (Phi) is 48.6. The Hall–Kier alpha value is -14.8. The van der Waals surface area contributed by atoms with Gasteiger partial charge in [-0.25, -0.2) is 9.59 Å². The molecule has 2 aliphatic rings. The molecule has 9 aromatic carbocycles. The number of nitrogens with one attached hydrogen (secondary N) is 6. The first kappa shape index (κ1) is 112. The van der Waals surface area contributed by atoms with Gasteiger partial charge in [-0.05, 0) is 145 Å². The molecule has 0 saturated heterocycles. The maximum Gasteiger partial charge on any atom is 0.514 e. The van der Waals surface area contributed by atoms with Gasteiger partial charge in [0.2, 0.25) is 35.4 Å². The molecule has 0 aromatic heterocycles. The van der Waals surface area contributed by atoms with Crippen LogP contribution in [0.1, 0.15) is 175 Å². The summed E-state index contributed by atoms with van der Waals surface area (Å²) in [4.78, 5) is 163. The Bertz CT molecular complexity index is 5450. The number of aliphatic hydroxyl groups excluding tert-OH is 3. The molecule has 2 aliphatic carbocycles. The molecular weight excluding hydrogens is 1780 g/mol. The lowest BCUT2D eigenvalue weighted by molar-refractivity contribution is -0.384. The lowest BCUT2D eigenvalue weighted by Crippen LogP contribution is -2.44. The van der Waals surface area contributed by atoms with E-state index in [0.717, 1.165) is 44.6 Å². The molecule has 0 spiro atoms. The number of amides is 6. The van der Waals surface area contributed by atoms with Crippen LogP contribution in [0, 0.1) is 51.5 Å². The molecule has 32 nitrogen and oxygen atoms in total. The summed E-state index contributed by atoms with van der Waals surface area (Å²) >= 11 is 0. The summed E-state index contributed by atoms with van der Waals surface area (Å²) in [6.45, 7) is 21.8. The maximum atomic E-state index is 12.5. The van der Waals surface area contributed by atoms with Crippen molar-refractivity contribution in [1.29, 1.82) is 0 Å². The van der Waals surface area contributed by atoms with E-state index in [1.807, 2.05) is 88.4 Å². The van der Waals surface area contributed by atoms with Crippen molar-refractivity contribution in [3.8, 4) is 28.0 Å². The Balaban J connectivity index is 0.000000361. The number of fused-ring (bicyclic) bond motifs is 6. The zero-order valence-corrected chi connectivity index (χ0v) is 79.5. The molecule has 0 fully saturated rings. The number of benzene rings is 9. The number of halogens is 2. The first-order valence-electron chi connectivity index (χ1n) is 45.5. The second-order valence-corrected chi connectivity index (χ2v) is 33.3. The van der Waals surface area contributed by atoms with Crippen LogP contribution >= 0.6 is 0 Å². The number of non-ortho nitro benzene ring substituents is 1. The monoisotopic (exact) mass is 1910 g/mol. The number of carbonyl (C=O) groups excluding carboxylic acids is 11. The van der Waals surface area contributed by atoms with Crippen LogP contribution in [0.15, 0.2) is 218 Å². The topological polar surface area (TPSA) is 501 Å². The van der Waals surface area contributed by atoms with Gasteiger partial charge in [0.1, 0.15) is 31.6 Å². The van der Waals surface area contributed by atoms with Crippen molar-refractivity contribution >= 4 is 105 Å². The summed E-state index contributed by atoms with van der Waals surface area (Å²) in [5.74, 6) is -7.40. The standard InChI is InChI=1S/C26H25NO4.C25H29N3O8.C19H18O4.C18H26N2O4.C7H13NO3.C7H9NO.2CH3F/c1-17(26(30)27-19-12-10-18(15-28)11-13-19)14-25(29)31-16-24-22-8-4-2-6-20(22)21-7-3-5-9-23(21)24;1-15(2)23(26-17(4)29)22(30)13-16(3)24(31)27-19-7-5-18(6-8-19)14-35-25(32)36-21-11-9-20(10-12-21)28(33)34;1-12(19(21)22)10-18(20)23-11-17-15-8-4-2-6-13(15)14-7-3-5-9-16(14)17;1-11(2)17(19-13(4)22)16(23)9-12(3)18(24)20-15-7-5-14(10-21)6-8-15;1-4(2)6(7(10)11)8-5(3)9;8-7-3-1-6(5-9)2-4-7;2*1-2/h2-13,17,24,28H,14-16H2,1H3,(H,27,30);5-12,15-16,23H,13-14H2,1-4H3,(H,26,29)(H,27,31);2-9,12,17H,10-11H2,1H3,(H,21,22);5-8,11-12,17,21H,9-10H2,1-4H3,(H,19,22)(H,20,24);4,6H,1-3H3,(H,8,9)(H,10,11);1-4,9H,5,8H2;2*1H3/t17-;16-,23+;12-;12-,17+;6-;;;/m11110.../s1/i;;;;;;2*1D. The number of nitrogens with zero attached hydrogens (tertiary/aromatic N) is 1. The Morgan fingerprint density at radius 2 is 0.688 bits per heavy atom. The summed E-state index contributed by atoms with van der Waals surface area (Å²) in [6.07, 6.45) is -1.03. The third kappa shape index (κ3) is 38.9. The van der Waals surface area contributed by atoms with Gasteiger partial charge in [0.25, 0.3) is 5.69 Å². The quantitative estimate of drug-likeness (QED) is 0.00438. The van der Waals surface area contributed by atoms with Crippen LogP contribution in [0.25, 0.3) is 22.3 Å². The average Bonchev–Trinajstić information content (AvgIpc) is 1.62. The lowest BCUT2D eigenvalue weighted by Gasteiger charge is -2.22. The molecule has 13 N–H and O–H groups in total. The highest BCUT2D eigenvalue weighted by molar-refractivity contribution is 5.99. The molecule has 0 heterocycles. The number of hydrogen-bond donors (Lipinski definition) is 12. The number of ether oxygens (including phenoxy) is 4. The van der Waals surface area contributed by atoms with Crippen LogP contribution in [0.5, 0.6) is 5.75 Å². The van der Waals surface area contributed by atoms with Gasteiger partial charge in [-0.2, -0.15) is 0 Å². The molecule has 7 atom stereocenters. The fourth-order valence-corrected chi connectivity index (χ4v) is 13.9. The van der Waals surface area contributed by atoms with Crippen LogP contribution in [-0.4, -0.2) is 153 Å². The molecule has 138 heavy (non-hydrogen) atoms. The number of aliphatic hydroxyl groups is 3. The Morgan fingerprint density at radius 3 is 0.971 bits per heavy atom. The van der Waals surface area contributed by atoms with Crippen molar-refractivity contribution < 1.29 is 123 Å². The normalized spacial score (nSPS) is 12.7. The minimum Gasteiger partial charge on any atom is -0.481 e. The number of Topliss-reactive ketones (excluding diaryl/α,β-unsaturated/α-hetero) is 2. The number of nitrogens with two attached hydrogens (primary N) is 1. The molecule has 0 aliphatic heterocycles. The van der Waals surface area contributed by atoms with Crippen molar-refractivity contribution in [2.75, 3.05) is 49.2 Å². The lowest BCUT2D eigenvalue weighted by atomic mass is 9.93. The van der Waals surface area contributed by atoms with E-state index >= 15 is 0 Å². The number of ketones is 2. The first-order valence-corrected chi connectivity index (χ1v) is 44.1. The molecule has 34 heteroatoms. The number of hydrogen-bond acceptors (Lipinski definition) is 23. The van der Waals surface area contributed by atoms with E-state index in [4.69, 9.17) is 53.0 Å². The van der Waals surface area contributed by atoms with Crippen molar-refractivity contribution in [1.82, 2.24) is 16.0 Å². The molecule has 0 saturated carbocycles. The SMILES string of the molecule is CC(=O)N[C@H](C(=O)C[C@@H](C)C(=O)Nc1ccc(CO)cc1)C(C)C.CC(=O)N[C@H](C(=O)C[C@@H](C)C(=O)Nc1ccc(COC(=O)Oc2ccc([N+](=O)[O-])cc2)cc1)C(C)C.CC(=O)N[C@H](C(=O)O)C(C)C.C[C@H](CC(=O)OCC1c2ccccc2-c2ccccc21)C(=O)Nc1ccc(CO)cc1.C[C@H](CC(=O)OCC1c2ccccc2-c2ccccc21)C(=O)O.Nc1ccc(CO)cc1.[2H]CF.[2H]CF. The smallest absolute Gasteiger partial charge is 0.481 e. The molecule has 6 amide bonds. The molecule has 0 bridgehead atoms. The number of nitro benzene ring substituents is 1. The van der Waals surface area contributed by atoms with Gasteiger partial charge >= 0.3 is 30.0 Å². The zero-order chi connectivity index (χ0) is 104. The van der Waals surface area contributed by atoms with Crippen LogP contribution in [0.3, 0.4) is 0 Å². The number of rotatable bonds is 35. The largest absolute Gasteiger partial charge is 0.514 e. The highest BCUT2D eigenvalue weighted by Crippen LogP contribution is 2.46. The number of carbonyl (C=O) groups is 13. The van der Waals surface area contributed by atoms with Crippen LogP contribution in [0.2, 0.25) is 0 Å². The number of carboxylic acid groups (broad SMARTS) is 2. The van der Waals surface area contributed by atoms with Crippen LogP contribution in [0.4, 0.5) is 42.0 Å². The highest BCUT2D eigenvalue weighted by atomic mass is 19.1. The van der Waals surface area contributed by atoms with E-state index in [2.05, 4.69) is 68.3 Å². The van der Waals surface area contributed by atoms with Crippen molar-refractivity contribution in [2.24, 2.45) is 41.4 Å². The van der Waals surface area contributed by atoms with E-state index in [-0.39, 0.29) is 159 Å². The van der Waals surface area contributed by atoms with Crippen molar-refractivity contribution in [3.63, 3.8) is 0 Å². The summed E-state index contributed by atoms with van der Waals surface area (Å²) in [5.41, 5.74) is 20.1. The molecule has 740 valence electrons. The molecule has 0 radical (unpaired) electrons. The predicted octanol–water partition coefficient (Wildman–Crippen LogP) is 16.0. The Morgan fingerprint density at radius 1 is 0.399 bits per heavy atom. The van der Waals surface area contributed by atoms with Crippen LogP contribution in [-0.2, 0) is 98.2 Å². The average molecular weight is 1910 g/mol. The number of aliphatic carboxylic acids is 2. The third-order valence-corrected chi connectivity index (χ3v) is 21.3. The fourth-order valence-electron chi connectivity index (χ4n) is 13.9. The summed E-state index contributed by atoms with van der Waals surface area (Å²) in [7, 11) is -2.00. The maximum absolute atomic E-state index is 12.5. The van der Waals surface area contributed by atoms with Gasteiger partial charge in [-0.3, -0.25) is 71.6 Å². The number of esters is 2. The van der Waals surface area contributed by atoms with Gasteiger partial charge in [-0.1, -0.05) is 215 Å². The van der Waals surface area contributed by atoms with Gasteiger partial charge < -0.3 is 82.1 Å². The fraction of sp³-hybridized carbons (Fsp3) is 0.356. The van der Waals surface area contributed by atoms with Gasteiger partial charge in [-0.15, -0.1) is 0 Å². The zero-order valence-electron chi connectivity index (χ0n) is 81.5. The molecule has 0 unspecified atom stereocenters. The number of nitro groups is 1. The predicted molar refractivity (Wildman–Crippen MR) is 519 cm³/mol. The molecule has 11 rings (SSSR count). The van der Waals surface area contributed by atoms with Crippen molar-refractivity contribution in [3.05, 3.63) is 273 Å². The minimum absolute atomic E-state index is 0.00511. The van der Waals surface area contributed by atoms with E-state index in [1.165, 1.54) is 74.2 Å². The van der Waals surface area contributed by atoms with Gasteiger partial charge in [0.05, 0.1) is 72.6 Å². The Labute approximate surface area is 804 Å². The number of anilines is 4. The second-order valence-electron chi connectivity index (χ2n) is 33.3. The summed E-state index contributed by atoms with van der Waals surface area (Å²) in [6, 6.07) is 63.0. The molecule has 9 aromatic rings. The molecular formula is C104H126F2N8O24.